The second-order valence-corrected chi connectivity index (χ2v) is 8.23. The van der Waals surface area contributed by atoms with Gasteiger partial charge in [0.25, 0.3) is 0 Å². The Hall–Kier alpha value is -2.88. The van der Waals surface area contributed by atoms with E-state index in [1.807, 2.05) is 12.1 Å². The molecule has 1 aromatic heterocycles. The van der Waals surface area contributed by atoms with E-state index in [9.17, 15) is 22.3 Å². The van der Waals surface area contributed by atoms with E-state index in [0.29, 0.717) is 30.2 Å². The minimum Gasteiger partial charge on any atom is -0.491 e. The van der Waals surface area contributed by atoms with E-state index < -0.39 is 32.7 Å². The van der Waals surface area contributed by atoms with Gasteiger partial charge in [-0.2, -0.15) is 0 Å². The van der Waals surface area contributed by atoms with Crippen LogP contribution in [0.25, 0.3) is 11.1 Å². The van der Waals surface area contributed by atoms with Gasteiger partial charge in [0.2, 0.25) is 10.0 Å². The van der Waals surface area contributed by atoms with Gasteiger partial charge in [0.05, 0.1) is 6.10 Å². The molecule has 0 saturated heterocycles. The highest BCUT2D eigenvalue weighted by molar-refractivity contribution is 7.89. The number of nitrogens with zero attached hydrogens (tertiary/aromatic N) is 1. The lowest BCUT2D eigenvalue weighted by atomic mass is 10.0. The zero-order valence-corrected chi connectivity index (χ0v) is 16.6. The first-order valence-electron chi connectivity index (χ1n) is 9.06. The van der Waals surface area contributed by atoms with Crippen molar-refractivity contribution in [3.05, 3.63) is 78.1 Å². The number of aromatic nitrogens is 1. The van der Waals surface area contributed by atoms with Crippen LogP contribution < -0.4 is 9.88 Å². The standard InChI is InChI=1S/C21H20F2N2O4S/c22-19-11-21(30(24,27)28)20(23)10-18(19)15-4-7-17(8-5-15)29-13-16(26)6-3-14-2-1-9-25-12-14/h1-2,4-5,7-12,16,26H,3,6,13H2,(H2,24,27,28). The Bertz CT molecular complexity index is 1110. The zero-order chi connectivity index (χ0) is 21.7. The number of nitrogens with two attached hydrogens (primary N) is 1. The summed E-state index contributed by atoms with van der Waals surface area (Å²) < 4.78 is 56.4. The van der Waals surface area contributed by atoms with Crippen LogP contribution in [-0.4, -0.2) is 31.2 Å². The fourth-order valence-corrected chi connectivity index (χ4v) is 3.45. The lowest BCUT2D eigenvalue weighted by molar-refractivity contribution is 0.100. The molecule has 1 unspecified atom stereocenters. The molecule has 1 heterocycles. The summed E-state index contributed by atoms with van der Waals surface area (Å²) in [7, 11) is -4.36. The molecule has 0 aliphatic carbocycles. The molecule has 3 aromatic rings. The van der Waals surface area contributed by atoms with Gasteiger partial charge in [-0.15, -0.1) is 0 Å². The van der Waals surface area contributed by atoms with Crippen LogP contribution in [0.5, 0.6) is 5.75 Å². The van der Waals surface area contributed by atoms with Crippen molar-refractivity contribution in [3.63, 3.8) is 0 Å². The Morgan fingerprint density at radius 2 is 1.83 bits per heavy atom. The zero-order valence-electron chi connectivity index (χ0n) is 15.8. The molecule has 0 saturated carbocycles. The van der Waals surface area contributed by atoms with Gasteiger partial charge in [-0.3, -0.25) is 4.98 Å². The van der Waals surface area contributed by atoms with Crippen LogP contribution in [0.4, 0.5) is 8.78 Å². The molecule has 0 bridgehead atoms. The highest BCUT2D eigenvalue weighted by Gasteiger charge is 2.19. The number of hydrogen-bond donors (Lipinski definition) is 2. The third-order valence-electron chi connectivity index (χ3n) is 4.42. The van der Waals surface area contributed by atoms with E-state index in [0.717, 1.165) is 11.6 Å². The van der Waals surface area contributed by atoms with Crippen molar-refractivity contribution >= 4 is 10.0 Å². The van der Waals surface area contributed by atoms with E-state index >= 15 is 0 Å². The summed E-state index contributed by atoms with van der Waals surface area (Å²) in [5.74, 6) is -1.60. The first-order valence-corrected chi connectivity index (χ1v) is 10.6. The van der Waals surface area contributed by atoms with Crippen LogP contribution in [-0.2, 0) is 16.4 Å². The maximum atomic E-state index is 14.3. The molecule has 0 fully saturated rings. The van der Waals surface area contributed by atoms with E-state index in [4.69, 9.17) is 9.88 Å². The molecule has 0 aliphatic heterocycles. The predicted octanol–water partition coefficient (Wildman–Crippen LogP) is 3.05. The Balaban J connectivity index is 1.62. The van der Waals surface area contributed by atoms with Gasteiger partial charge < -0.3 is 9.84 Å². The van der Waals surface area contributed by atoms with Crippen molar-refractivity contribution < 1.29 is 27.0 Å². The van der Waals surface area contributed by atoms with Crippen molar-refractivity contribution in [3.8, 4) is 16.9 Å². The Kier molecular flexibility index (Phi) is 6.76. The number of aliphatic hydroxyl groups excluding tert-OH is 1. The number of sulfonamides is 1. The quantitative estimate of drug-likeness (QED) is 0.567. The first-order chi connectivity index (χ1) is 14.2. The molecule has 158 valence electrons. The molecule has 0 radical (unpaired) electrons. The van der Waals surface area contributed by atoms with Gasteiger partial charge >= 0.3 is 0 Å². The Labute approximate surface area is 173 Å². The van der Waals surface area contributed by atoms with Gasteiger partial charge in [0.1, 0.15) is 28.9 Å². The third-order valence-corrected chi connectivity index (χ3v) is 5.35. The molecule has 1 atom stereocenters. The number of aryl methyl sites for hydroxylation is 1. The molecular weight excluding hydrogens is 414 g/mol. The highest BCUT2D eigenvalue weighted by atomic mass is 32.2. The number of ether oxygens (including phenoxy) is 1. The minimum absolute atomic E-state index is 0.0751. The average Bonchev–Trinajstić information content (AvgIpc) is 2.72. The van der Waals surface area contributed by atoms with Crippen LogP contribution in [0, 0.1) is 11.6 Å². The van der Waals surface area contributed by atoms with Crippen molar-refractivity contribution in [1.82, 2.24) is 4.98 Å². The molecule has 3 N–H and O–H groups in total. The maximum Gasteiger partial charge on any atom is 0.241 e. The molecule has 30 heavy (non-hydrogen) atoms. The summed E-state index contributed by atoms with van der Waals surface area (Å²) in [4.78, 5) is 3.12. The molecule has 2 aromatic carbocycles. The van der Waals surface area contributed by atoms with Gasteiger partial charge in [-0.1, -0.05) is 18.2 Å². The van der Waals surface area contributed by atoms with Gasteiger partial charge in [0.15, 0.2) is 0 Å². The molecular formula is C21H20F2N2O4S. The van der Waals surface area contributed by atoms with Crippen molar-refractivity contribution in [2.45, 2.75) is 23.8 Å². The van der Waals surface area contributed by atoms with Crippen LogP contribution in [0.2, 0.25) is 0 Å². The second-order valence-electron chi connectivity index (χ2n) is 6.70. The van der Waals surface area contributed by atoms with E-state index in [1.165, 1.54) is 12.1 Å². The normalized spacial score (nSPS) is 12.5. The number of primary sulfonamides is 1. The van der Waals surface area contributed by atoms with Crippen LogP contribution >= 0.6 is 0 Å². The molecule has 9 heteroatoms. The largest absolute Gasteiger partial charge is 0.491 e. The summed E-state index contributed by atoms with van der Waals surface area (Å²) in [6.07, 6.45) is 3.91. The van der Waals surface area contributed by atoms with Crippen LogP contribution in [0.3, 0.4) is 0 Å². The summed E-state index contributed by atoms with van der Waals surface area (Å²) in [6.45, 7) is 0.0751. The number of halogens is 2. The molecule has 0 spiro atoms. The van der Waals surface area contributed by atoms with E-state index in [-0.39, 0.29) is 12.2 Å². The number of rotatable bonds is 8. The number of hydrogen-bond acceptors (Lipinski definition) is 5. The van der Waals surface area contributed by atoms with Crippen molar-refractivity contribution in [1.29, 1.82) is 0 Å². The number of pyridine rings is 1. The topological polar surface area (TPSA) is 103 Å². The summed E-state index contributed by atoms with van der Waals surface area (Å²) in [5.41, 5.74) is 1.24. The molecule has 6 nitrogen and oxygen atoms in total. The summed E-state index contributed by atoms with van der Waals surface area (Å²) in [5, 5.41) is 14.9. The summed E-state index contributed by atoms with van der Waals surface area (Å²) in [6, 6.07) is 11.2. The van der Waals surface area contributed by atoms with E-state index in [2.05, 4.69) is 4.98 Å². The fourth-order valence-electron chi connectivity index (χ4n) is 2.85. The van der Waals surface area contributed by atoms with Gasteiger partial charge in [0, 0.05) is 18.0 Å². The SMILES string of the molecule is NS(=O)(=O)c1cc(F)c(-c2ccc(OCC(O)CCc3cccnc3)cc2)cc1F. The smallest absolute Gasteiger partial charge is 0.241 e. The lowest BCUT2D eigenvalue weighted by Crippen LogP contribution is -2.18. The highest BCUT2D eigenvalue weighted by Crippen LogP contribution is 2.28. The molecule has 0 amide bonds. The van der Waals surface area contributed by atoms with Gasteiger partial charge in [-0.05, 0) is 54.3 Å². The first kappa shape index (κ1) is 21.8. The maximum absolute atomic E-state index is 14.3. The third kappa shape index (κ3) is 5.59. The van der Waals surface area contributed by atoms with Gasteiger partial charge in [-0.25, -0.2) is 22.3 Å². The van der Waals surface area contributed by atoms with Crippen molar-refractivity contribution in [2.24, 2.45) is 5.14 Å². The van der Waals surface area contributed by atoms with E-state index in [1.54, 1.807) is 24.5 Å². The minimum atomic E-state index is -4.36. The fraction of sp³-hybridized carbons (Fsp3) is 0.190. The van der Waals surface area contributed by atoms with Crippen LogP contribution in [0.1, 0.15) is 12.0 Å². The molecule has 0 aliphatic rings. The lowest BCUT2D eigenvalue weighted by Gasteiger charge is -2.13. The Morgan fingerprint density at radius 3 is 2.47 bits per heavy atom. The van der Waals surface area contributed by atoms with Crippen molar-refractivity contribution in [2.75, 3.05) is 6.61 Å². The monoisotopic (exact) mass is 434 g/mol. The predicted molar refractivity (Wildman–Crippen MR) is 107 cm³/mol. The summed E-state index contributed by atoms with van der Waals surface area (Å²) >= 11 is 0. The number of benzene rings is 2. The van der Waals surface area contributed by atoms with Crippen LogP contribution in [0.15, 0.2) is 65.8 Å². The Morgan fingerprint density at radius 1 is 1.10 bits per heavy atom. The molecule has 3 rings (SSSR count). The average molecular weight is 434 g/mol. The second kappa shape index (κ2) is 9.29. The number of aliphatic hydroxyl groups is 1.